The van der Waals surface area contributed by atoms with Crippen molar-refractivity contribution in [1.82, 2.24) is 10.2 Å². The van der Waals surface area contributed by atoms with Gasteiger partial charge in [-0.3, -0.25) is 14.5 Å². The lowest BCUT2D eigenvalue weighted by atomic mass is 9.93. The van der Waals surface area contributed by atoms with E-state index in [0.717, 1.165) is 32.4 Å². The Kier molecular flexibility index (Phi) is 4.96. The highest BCUT2D eigenvalue weighted by molar-refractivity contribution is 6.09. The Morgan fingerprint density at radius 3 is 2.56 bits per heavy atom. The Morgan fingerprint density at radius 1 is 1.06 bits per heavy atom. The number of benzene rings is 3. The van der Waals surface area contributed by atoms with Crippen molar-refractivity contribution in [2.75, 3.05) is 25.0 Å². The predicted octanol–water partition coefficient (Wildman–Crippen LogP) is 4.25. The largest absolute Gasteiger partial charge is 0.359 e. The second kappa shape index (κ2) is 7.91. The molecule has 0 radical (unpaired) electrons. The van der Waals surface area contributed by atoms with E-state index in [1.807, 2.05) is 6.07 Å². The summed E-state index contributed by atoms with van der Waals surface area (Å²) in [7, 11) is 1.46. The van der Waals surface area contributed by atoms with E-state index >= 15 is 4.39 Å². The number of hydrogen-bond acceptors (Lipinski definition) is 3. The number of para-hydroxylation sites is 1. The number of alkyl halides is 1. The summed E-state index contributed by atoms with van der Waals surface area (Å²) in [6.45, 7) is 1.70. The van der Waals surface area contributed by atoms with Crippen LogP contribution in [0.25, 0.3) is 10.8 Å². The Labute approximate surface area is 198 Å². The molecule has 0 aromatic heterocycles. The molecule has 0 bridgehead atoms. The SMILES string of the molecule is CNC(=O)CC1(F)C(=O)N(C2CCN(C3Cc4cccc5cccc3c45)CC2)c2ccccc21. The first-order chi connectivity index (χ1) is 16.5. The van der Waals surface area contributed by atoms with Crippen molar-refractivity contribution in [2.24, 2.45) is 0 Å². The summed E-state index contributed by atoms with van der Waals surface area (Å²) in [5.74, 6) is -1.08. The zero-order valence-corrected chi connectivity index (χ0v) is 19.3. The Hall–Kier alpha value is -3.25. The topological polar surface area (TPSA) is 52.7 Å². The summed E-state index contributed by atoms with van der Waals surface area (Å²) in [5, 5.41) is 5.14. The number of rotatable bonds is 4. The minimum absolute atomic E-state index is 0.0771. The van der Waals surface area contributed by atoms with E-state index in [1.165, 1.54) is 28.9 Å². The van der Waals surface area contributed by atoms with E-state index in [9.17, 15) is 9.59 Å². The number of amides is 2. The summed E-state index contributed by atoms with van der Waals surface area (Å²) in [6, 6.07) is 20.4. The highest BCUT2D eigenvalue weighted by Crippen LogP contribution is 2.48. The predicted molar refractivity (Wildman–Crippen MR) is 130 cm³/mol. The first kappa shape index (κ1) is 21.3. The molecule has 0 saturated carbocycles. The molecule has 3 aliphatic rings. The molecule has 1 fully saturated rings. The Balaban J connectivity index is 1.23. The number of likely N-dealkylation sites (tertiary alicyclic amines) is 1. The van der Waals surface area contributed by atoms with Crippen molar-refractivity contribution in [1.29, 1.82) is 0 Å². The van der Waals surface area contributed by atoms with Gasteiger partial charge in [0.2, 0.25) is 11.6 Å². The van der Waals surface area contributed by atoms with Gasteiger partial charge in [-0.1, -0.05) is 54.6 Å². The van der Waals surface area contributed by atoms with Gasteiger partial charge in [0.1, 0.15) is 0 Å². The van der Waals surface area contributed by atoms with E-state index in [4.69, 9.17) is 0 Å². The van der Waals surface area contributed by atoms with E-state index < -0.39 is 23.9 Å². The van der Waals surface area contributed by atoms with Gasteiger partial charge < -0.3 is 10.2 Å². The molecule has 2 heterocycles. The van der Waals surface area contributed by atoms with Crippen LogP contribution in [0.15, 0.2) is 60.7 Å². The molecule has 1 N–H and O–H groups in total. The molecule has 6 heteroatoms. The van der Waals surface area contributed by atoms with E-state index in [1.54, 1.807) is 23.1 Å². The maximum absolute atomic E-state index is 16.1. The van der Waals surface area contributed by atoms with Gasteiger partial charge in [0, 0.05) is 37.8 Å². The molecule has 174 valence electrons. The molecule has 34 heavy (non-hydrogen) atoms. The molecule has 0 spiro atoms. The van der Waals surface area contributed by atoms with Gasteiger partial charge in [-0.05, 0) is 47.2 Å². The van der Waals surface area contributed by atoms with Gasteiger partial charge in [0.05, 0.1) is 12.1 Å². The highest BCUT2D eigenvalue weighted by Gasteiger charge is 2.54. The number of anilines is 1. The summed E-state index contributed by atoms with van der Waals surface area (Å²) in [6.07, 6.45) is 2.07. The van der Waals surface area contributed by atoms with Gasteiger partial charge in [0.25, 0.3) is 5.91 Å². The number of carbonyl (C=O) groups is 2. The fourth-order valence-electron chi connectivity index (χ4n) is 6.27. The van der Waals surface area contributed by atoms with Crippen LogP contribution in [0.5, 0.6) is 0 Å². The fourth-order valence-corrected chi connectivity index (χ4v) is 6.27. The van der Waals surface area contributed by atoms with Gasteiger partial charge in [-0.25, -0.2) is 4.39 Å². The number of halogens is 1. The normalized spacial score (nSPS) is 24.6. The van der Waals surface area contributed by atoms with E-state index in [2.05, 4.69) is 46.6 Å². The molecule has 1 saturated heterocycles. The average molecular weight is 458 g/mol. The van der Waals surface area contributed by atoms with Gasteiger partial charge >= 0.3 is 0 Å². The van der Waals surface area contributed by atoms with Crippen LogP contribution < -0.4 is 10.2 Å². The number of nitrogens with one attached hydrogen (secondary N) is 1. The van der Waals surface area contributed by atoms with E-state index in [0.29, 0.717) is 17.3 Å². The quantitative estimate of drug-likeness (QED) is 0.637. The molecule has 2 aliphatic heterocycles. The maximum atomic E-state index is 16.1. The monoisotopic (exact) mass is 457 g/mol. The van der Waals surface area contributed by atoms with Crippen LogP contribution in [0.3, 0.4) is 0 Å². The number of nitrogens with zero attached hydrogens (tertiary/aromatic N) is 2. The number of hydrogen-bond donors (Lipinski definition) is 1. The van der Waals surface area contributed by atoms with Crippen LogP contribution in [0.1, 0.15) is 42.0 Å². The molecule has 1 aliphatic carbocycles. The van der Waals surface area contributed by atoms with Crippen molar-refractivity contribution >= 4 is 28.3 Å². The molecular formula is C28H28FN3O2. The summed E-state index contributed by atoms with van der Waals surface area (Å²) < 4.78 is 16.1. The molecule has 5 nitrogen and oxygen atoms in total. The van der Waals surface area contributed by atoms with Crippen molar-refractivity contribution in [3.8, 4) is 0 Å². The van der Waals surface area contributed by atoms with Crippen molar-refractivity contribution in [3.05, 3.63) is 77.4 Å². The second-order valence-corrected chi connectivity index (χ2v) is 9.69. The van der Waals surface area contributed by atoms with E-state index in [-0.39, 0.29) is 6.04 Å². The molecule has 2 amide bonds. The fraction of sp³-hybridized carbons (Fsp3) is 0.357. The van der Waals surface area contributed by atoms with Crippen LogP contribution in [0, 0.1) is 0 Å². The van der Waals surface area contributed by atoms with Crippen LogP contribution in [0.2, 0.25) is 0 Å². The van der Waals surface area contributed by atoms with Gasteiger partial charge in [-0.2, -0.15) is 0 Å². The summed E-state index contributed by atoms with van der Waals surface area (Å²) in [4.78, 5) is 29.6. The average Bonchev–Trinajstić information content (AvgIpc) is 3.34. The number of fused-ring (bicyclic) bond motifs is 1. The Morgan fingerprint density at radius 2 is 1.79 bits per heavy atom. The lowest BCUT2D eigenvalue weighted by Gasteiger charge is -2.40. The van der Waals surface area contributed by atoms with Crippen molar-refractivity contribution in [3.63, 3.8) is 0 Å². The standard InChI is InChI=1S/C28H28FN3O2/c1-30-25(33)17-28(29)22-10-2-3-11-23(22)32(27(28)34)20-12-14-31(15-13-20)24-16-19-8-4-6-18-7-5-9-21(24)26(18)19/h2-11,20,24H,12-17H2,1H3,(H,30,33). The minimum atomic E-state index is -2.31. The minimum Gasteiger partial charge on any atom is -0.359 e. The second-order valence-electron chi connectivity index (χ2n) is 9.69. The van der Waals surface area contributed by atoms with Crippen molar-refractivity contribution < 1.29 is 14.0 Å². The van der Waals surface area contributed by atoms with Crippen LogP contribution in [-0.2, 0) is 21.7 Å². The highest BCUT2D eigenvalue weighted by atomic mass is 19.1. The van der Waals surface area contributed by atoms with Crippen LogP contribution in [0.4, 0.5) is 10.1 Å². The van der Waals surface area contributed by atoms with Gasteiger partial charge in [0.15, 0.2) is 0 Å². The summed E-state index contributed by atoms with van der Waals surface area (Å²) in [5.41, 5.74) is 1.40. The first-order valence-corrected chi connectivity index (χ1v) is 12.1. The molecule has 3 aromatic rings. The lowest BCUT2D eigenvalue weighted by Crippen LogP contribution is -2.50. The molecule has 2 unspecified atom stereocenters. The molecular weight excluding hydrogens is 429 g/mol. The van der Waals surface area contributed by atoms with Gasteiger partial charge in [-0.15, -0.1) is 0 Å². The number of carbonyl (C=O) groups excluding carboxylic acids is 2. The van der Waals surface area contributed by atoms with Crippen LogP contribution in [-0.4, -0.2) is 42.9 Å². The molecule has 3 aromatic carbocycles. The maximum Gasteiger partial charge on any atom is 0.270 e. The third-order valence-electron chi connectivity index (χ3n) is 7.93. The third kappa shape index (κ3) is 3.08. The number of piperidine rings is 1. The zero-order valence-electron chi connectivity index (χ0n) is 19.3. The molecule has 6 rings (SSSR count). The lowest BCUT2D eigenvalue weighted by molar-refractivity contribution is -0.136. The smallest absolute Gasteiger partial charge is 0.270 e. The zero-order chi connectivity index (χ0) is 23.4. The third-order valence-corrected chi connectivity index (χ3v) is 7.93. The van der Waals surface area contributed by atoms with Crippen LogP contribution >= 0.6 is 0 Å². The first-order valence-electron chi connectivity index (χ1n) is 12.1. The summed E-state index contributed by atoms with van der Waals surface area (Å²) >= 11 is 0. The molecule has 2 atom stereocenters. The van der Waals surface area contributed by atoms with Crippen molar-refractivity contribution in [2.45, 2.75) is 43.4 Å². The Bertz CT molecular complexity index is 1290.